The number of benzene rings is 1. The SMILES string of the molecule is O=C(Nc1c(-c2ccccc2F)ccnc1N1CC2(COC2)C1)c1cnn(C2CCC2)c1. The fourth-order valence-electron chi connectivity index (χ4n) is 4.70. The fourth-order valence-corrected chi connectivity index (χ4v) is 4.70. The van der Waals surface area contributed by atoms with E-state index in [1.165, 1.54) is 12.5 Å². The zero-order chi connectivity index (χ0) is 21.7. The van der Waals surface area contributed by atoms with Gasteiger partial charge in [-0.3, -0.25) is 9.48 Å². The summed E-state index contributed by atoms with van der Waals surface area (Å²) in [5, 5.41) is 7.40. The van der Waals surface area contributed by atoms with Gasteiger partial charge in [-0.1, -0.05) is 18.2 Å². The number of aromatic nitrogens is 3. The number of anilines is 2. The maximum absolute atomic E-state index is 14.7. The molecule has 2 saturated heterocycles. The van der Waals surface area contributed by atoms with Crippen LogP contribution in [0.4, 0.5) is 15.9 Å². The van der Waals surface area contributed by atoms with Crippen molar-refractivity contribution in [2.75, 3.05) is 36.5 Å². The Morgan fingerprint density at radius 2 is 1.97 bits per heavy atom. The number of hydrogen-bond acceptors (Lipinski definition) is 5. The van der Waals surface area contributed by atoms with Crippen molar-refractivity contribution in [3.63, 3.8) is 0 Å². The fraction of sp³-hybridized carbons (Fsp3) is 0.375. The normalized spacial score (nSPS) is 19.2. The third-order valence-electron chi connectivity index (χ3n) is 6.81. The van der Waals surface area contributed by atoms with Gasteiger partial charge in [0.15, 0.2) is 5.82 Å². The Bertz CT molecular complexity index is 1180. The molecule has 1 spiro atoms. The van der Waals surface area contributed by atoms with Crippen molar-refractivity contribution in [1.29, 1.82) is 0 Å². The molecule has 0 radical (unpaired) electrons. The minimum Gasteiger partial charge on any atom is -0.380 e. The molecule has 1 aliphatic carbocycles. The molecule has 0 unspecified atom stereocenters. The van der Waals surface area contributed by atoms with Crippen LogP contribution >= 0.6 is 0 Å². The van der Waals surface area contributed by atoms with Crippen LogP contribution in [0.1, 0.15) is 35.7 Å². The second kappa shape index (κ2) is 7.41. The lowest BCUT2D eigenvalue weighted by Crippen LogP contribution is -2.66. The van der Waals surface area contributed by atoms with E-state index in [0.717, 1.165) is 39.1 Å². The number of halogens is 1. The van der Waals surface area contributed by atoms with Crippen LogP contribution in [-0.4, -0.2) is 47.0 Å². The lowest BCUT2D eigenvalue weighted by atomic mass is 9.78. The molecular formula is C24H24FN5O2. The van der Waals surface area contributed by atoms with Crippen LogP contribution in [-0.2, 0) is 4.74 Å². The Kier molecular flexibility index (Phi) is 4.50. The minimum absolute atomic E-state index is 0.181. The molecule has 8 heteroatoms. The molecule has 1 aromatic carbocycles. The highest BCUT2D eigenvalue weighted by Crippen LogP contribution is 2.44. The summed E-state index contributed by atoms with van der Waals surface area (Å²) >= 11 is 0. The first-order valence-electron chi connectivity index (χ1n) is 11.0. The van der Waals surface area contributed by atoms with Gasteiger partial charge in [0, 0.05) is 36.6 Å². The summed E-state index contributed by atoms with van der Waals surface area (Å²) in [5.41, 5.74) is 2.23. The first kappa shape index (κ1) is 19.4. The van der Waals surface area contributed by atoms with Crippen LogP contribution in [0.2, 0.25) is 0 Å². The van der Waals surface area contributed by atoms with E-state index in [2.05, 4.69) is 20.3 Å². The van der Waals surface area contributed by atoms with Gasteiger partial charge in [-0.05, 0) is 31.4 Å². The molecule has 32 heavy (non-hydrogen) atoms. The Labute approximate surface area is 185 Å². The molecule has 3 fully saturated rings. The maximum Gasteiger partial charge on any atom is 0.258 e. The number of rotatable bonds is 5. The van der Waals surface area contributed by atoms with Crippen molar-refractivity contribution in [2.45, 2.75) is 25.3 Å². The van der Waals surface area contributed by atoms with E-state index in [1.807, 2.05) is 4.68 Å². The zero-order valence-corrected chi connectivity index (χ0v) is 17.6. The van der Waals surface area contributed by atoms with Crippen molar-refractivity contribution in [1.82, 2.24) is 14.8 Å². The largest absolute Gasteiger partial charge is 0.380 e. The van der Waals surface area contributed by atoms with E-state index < -0.39 is 0 Å². The summed E-state index contributed by atoms with van der Waals surface area (Å²) in [6.07, 6.45) is 8.43. The summed E-state index contributed by atoms with van der Waals surface area (Å²) in [7, 11) is 0. The molecule has 0 atom stereocenters. The minimum atomic E-state index is -0.342. The van der Waals surface area contributed by atoms with Gasteiger partial charge in [0.1, 0.15) is 5.82 Å². The molecule has 1 amide bonds. The van der Waals surface area contributed by atoms with Crippen LogP contribution in [0.15, 0.2) is 48.9 Å². The first-order valence-corrected chi connectivity index (χ1v) is 11.0. The van der Waals surface area contributed by atoms with E-state index in [4.69, 9.17) is 4.74 Å². The second-order valence-corrected chi connectivity index (χ2v) is 9.13. The number of carbonyl (C=O) groups is 1. The number of hydrogen-bond donors (Lipinski definition) is 1. The Morgan fingerprint density at radius 3 is 2.66 bits per heavy atom. The summed E-state index contributed by atoms with van der Waals surface area (Å²) < 4.78 is 21.9. The van der Waals surface area contributed by atoms with Crippen LogP contribution < -0.4 is 10.2 Å². The summed E-state index contributed by atoms with van der Waals surface area (Å²) in [4.78, 5) is 19.9. The van der Waals surface area contributed by atoms with Gasteiger partial charge >= 0.3 is 0 Å². The predicted molar refractivity (Wildman–Crippen MR) is 118 cm³/mol. The first-order chi connectivity index (χ1) is 15.6. The monoisotopic (exact) mass is 433 g/mol. The van der Waals surface area contributed by atoms with E-state index >= 15 is 0 Å². The third-order valence-corrected chi connectivity index (χ3v) is 6.81. The lowest BCUT2D eigenvalue weighted by molar-refractivity contribution is -0.127. The van der Waals surface area contributed by atoms with Crippen LogP contribution in [0.25, 0.3) is 11.1 Å². The van der Waals surface area contributed by atoms with Gasteiger partial charge in [0.05, 0.1) is 42.1 Å². The highest BCUT2D eigenvalue weighted by molar-refractivity contribution is 6.08. The van der Waals surface area contributed by atoms with Gasteiger partial charge in [-0.15, -0.1) is 0 Å². The second-order valence-electron chi connectivity index (χ2n) is 9.13. The molecule has 2 aliphatic heterocycles. The molecule has 4 heterocycles. The highest BCUT2D eigenvalue weighted by atomic mass is 19.1. The lowest BCUT2D eigenvalue weighted by Gasteiger charge is -2.55. The average molecular weight is 433 g/mol. The highest BCUT2D eigenvalue weighted by Gasteiger charge is 2.50. The smallest absolute Gasteiger partial charge is 0.258 e. The number of carbonyl (C=O) groups excluding carboxylic acids is 1. The van der Waals surface area contributed by atoms with E-state index in [-0.39, 0.29) is 17.1 Å². The molecule has 7 nitrogen and oxygen atoms in total. The summed E-state index contributed by atoms with van der Waals surface area (Å²) in [5.74, 6) is 0.0399. The van der Waals surface area contributed by atoms with Crippen molar-refractivity contribution < 1.29 is 13.9 Å². The Hall–Kier alpha value is -3.26. The average Bonchev–Trinajstić information content (AvgIpc) is 3.15. The van der Waals surface area contributed by atoms with Crippen LogP contribution in [0.3, 0.4) is 0 Å². The number of ether oxygens (including phenoxy) is 1. The molecule has 3 aliphatic rings. The van der Waals surface area contributed by atoms with E-state index in [9.17, 15) is 9.18 Å². The van der Waals surface area contributed by atoms with Gasteiger partial charge < -0.3 is 15.0 Å². The molecule has 1 N–H and O–H groups in total. The predicted octanol–water partition coefficient (Wildman–Crippen LogP) is 3.90. The summed E-state index contributed by atoms with van der Waals surface area (Å²) in [6, 6.07) is 8.71. The van der Waals surface area contributed by atoms with Crippen molar-refractivity contribution >= 4 is 17.4 Å². The van der Waals surface area contributed by atoms with E-state index in [0.29, 0.717) is 34.2 Å². The standard InChI is InChI=1S/C24H24FN5O2/c25-20-7-2-1-6-18(20)19-8-9-26-22(29-12-24(13-29)14-32-15-24)21(19)28-23(31)16-10-27-30(11-16)17-4-3-5-17/h1-2,6-11,17H,3-5,12-15H2,(H,28,31). The number of nitrogens with one attached hydrogen (secondary N) is 1. The van der Waals surface area contributed by atoms with Gasteiger partial charge in [-0.2, -0.15) is 5.10 Å². The molecule has 164 valence electrons. The van der Waals surface area contributed by atoms with Crippen LogP contribution in [0, 0.1) is 11.2 Å². The Morgan fingerprint density at radius 1 is 1.16 bits per heavy atom. The van der Waals surface area contributed by atoms with Gasteiger partial charge in [0.2, 0.25) is 0 Å². The molecule has 2 aromatic heterocycles. The topological polar surface area (TPSA) is 72.3 Å². The summed E-state index contributed by atoms with van der Waals surface area (Å²) in [6.45, 7) is 3.11. The van der Waals surface area contributed by atoms with Gasteiger partial charge in [0.25, 0.3) is 5.91 Å². The maximum atomic E-state index is 14.7. The molecule has 6 rings (SSSR count). The number of pyridine rings is 1. The quantitative estimate of drug-likeness (QED) is 0.661. The molecule has 0 bridgehead atoms. The van der Waals surface area contributed by atoms with Gasteiger partial charge in [-0.25, -0.2) is 9.37 Å². The molecule has 3 aromatic rings. The zero-order valence-electron chi connectivity index (χ0n) is 17.6. The van der Waals surface area contributed by atoms with Crippen molar-refractivity contribution in [3.8, 4) is 11.1 Å². The number of amides is 1. The third kappa shape index (κ3) is 3.17. The molecule has 1 saturated carbocycles. The Balaban J connectivity index is 1.35. The van der Waals surface area contributed by atoms with Crippen LogP contribution in [0.5, 0.6) is 0 Å². The van der Waals surface area contributed by atoms with Crippen molar-refractivity contribution in [3.05, 3.63) is 60.3 Å². The number of nitrogens with zero attached hydrogens (tertiary/aromatic N) is 4. The van der Waals surface area contributed by atoms with Crippen molar-refractivity contribution in [2.24, 2.45) is 5.41 Å². The molecular weight excluding hydrogens is 409 g/mol. The van der Waals surface area contributed by atoms with E-state index in [1.54, 1.807) is 42.9 Å².